The minimum atomic E-state index is -0.434. The molecule has 5 heteroatoms. The van der Waals surface area contributed by atoms with Gasteiger partial charge in [0.15, 0.2) is 0 Å². The lowest BCUT2D eigenvalue weighted by Crippen LogP contribution is -2.45. The second-order valence-electron chi connectivity index (χ2n) is 5.59. The lowest BCUT2D eigenvalue weighted by atomic mass is 10.0. The van der Waals surface area contributed by atoms with E-state index in [9.17, 15) is 4.79 Å². The largest absolute Gasteiger partial charge is 0.366 e. The van der Waals surface area contributed by atoms with Gasteiger partial charge in [-0.1, -0.05) is 29.8 Å². The summed E-state index contributed by atoms with van der Waals surface area (Å²) in [5.74, 6) is -0.115. The van der Waals surface area contributed by atoms with Crippen molar-refractivity contribution in [2.24, 2.45) is 0 Å². The van der Waals surface area contributed by atoms with Gasteiger partial charge >= 0.3 is 0 Å². The van der Waals surface area contributed by atoms with E-state index in [0.717, 1.165) is 28.9 Å². The standard InChI is InChI=1S/C18H19ClN2O2/c1-12-9-14(13-3-2-4-15(19)10-13)5-6-16(12)21-18(22)17-11-20-7-8-23-17/h2-6,9-10,17,20H,7-8,11H2,1H3,(H,21,22). The second-order valence-corrected chi connectivity index (χ2v) is 6.03. The molecule has 2 aromatic rings. The molecule has 1 amide bonds. The summed E-state index contributed by atoms with van der Waals surface area (Å²) in [5.41, 5.74) is 3.92. The number of carbonyl (C=O) groups is 1. The van der Waals surface area contributed by atoms with Crippen molar-refractivity contribution in [2.45, 2.75) is 13.0 Å². The predicted molar refractivity (Wildman–Crippen MR) is 92.9 cm³/mol. The highest BCUT2D eigenvalue weighted by molar-refractivity contribution is 6.30. The number of benzene rings is 2. The Kier molecular flexibility index (Phi) is 4.96. The quantitative estimate of drug-likeness (QED) is 0.908. The van der Waals surface area contributed by atoms with E-state index in [4.69, 9.17) is 16.3 Å². The van der Waals surface area contributed by atoms with Crippen LogP contribution in [0.3, 0.4) is 0 Å². The van der Waals surface area contributed by atoms with Crippen molar-refractivity contribution in [2.75, 3.05) is 25.0 Å². The molecule has 1 aliphatic heterocycles. The van der Waals surface area contributed by atoms with Gasteiger partial charge in [-0.15, -0.1) is 0 Å². The maximum atomic E-state index is 12.2. The van der Waals surface area contributed by atoms with Crippen molar-refractivity contribution in [1.82, 2.24) is 5.32 Å². The molecule has 1 heterocycles. The van der Waals surface area contributed by atoms with Crippen LogP contribution in [0.1, 0.15) is 5.56 Å². The van der Waals surface area contributed by atoms with Gasteiger partial charge in [-0.25, -0.2) is 0 Å². The number of ether oxygens (including phenoxy) is 1. The monoisotopic (exact) mass is 330 g/mol. The lowest BCUT2D eigenvalue weighted by Gasteiger charge is -2.23. The third-order valence-corrected chi connectivity index (χ3v) is 4.10. The molecule has 1 unspecified atom stereocenters. The molecule has 0 aromatic heterocycles. The summed E-state index contributed by atoms with van der Waals surface area (Å²) in [6.07, 6.45) is -0.434. The van der Waals surface area contributed by atoms with Gasteiger partial charge in [0.25, 0.3) is 5.91 Å². The maximum Gasteiger partial charge on any atom is 0.254 e. The van der Waals surface area contributed by atoms with Crippen LogP contribution in [0.4, 0.5) is 5.69 Å². The van der Waals surface area contributed by atoms with E-state index < -0.39 is 6.10 Å². The van der Waals surface area contributed by atoms with E-state index in [-0.39, 0.29) is 5.91 Å². The van der Waals surface area contributed by atoms with Crippen molar-refractivity contribution >= 4 is 23.2 Å². The number of nitrogens with one attached hydrogen (secondary N) is 2. The molecule has 23 heavy (non-hydrogen) atoms. The van der Waals surface area contributed by atoms with Crippen molar-refractivity contribution in [3.05, 3.63) is 53.1 Å². The fraction of sp³-hybridized carbons (Fsp3) is 0.278. The van der Waals surface area contributed by atoms with Crippen LogP contribution in [-0.2, 0) is 9.53 Å². The van der Waals surface area contributed by atoms with Crippen LogP contribution >= 0.6 is 11.6 Å². The number of carbonyl (C=O) groups excluding carboxylic acids is 1. The number of anilines is 1. The molecule has 1 atom stereocenters. The van der Waals surface area contributed by atoms with Gasteiger partial charge in [-0.3, -0.25) is 4.79 Å². The predicted octanol–water partition coefficient (Wildman–Crippen LogP) is 3.24. The molecular weight excluding hydrogens is 312 g/mol. The van der Waals surface area contributed by atoms with Gasteiger partial charge in [-0.2, -0.15) is 0 Å². The third-order valence-electron chi connectivity index (χ3n) is 3.86. The Morgan fingerprint density at radius 2 is 2.09 bits per heavy atom. The highest BCUT2D eigenvalue weighted by Gasteiger charge is 2.22. The molecule has 0 bridgehead atoms. The Morgan fingerprint density at radius 3 is 2.78 bits per heavy atom. The first kappa shape index (κ1) is 16.0. The van der Waals surface area contributed by atoms with Crippen LogP contribution in [0, 0.1) is 6.92 Å². The van der Waals surface area contributed by atoms with Crippen LogP contribution < -0.4 is 10.6 Å². The van der Waals surface area contributed by atoms with Gasteiger partial charge in [-0.05, 0) is 47.9 Å². The lowest BCUT2D eigenvalue weighted by molar-refractivity contribution is -0.128. The number of halogens is 1. The van der Waals surface area contributed by atoms with Crippen LogP contribution in [-0.4, -0.2) is 31.7 Å². The first-order chi connectivity index (χ1) is 11.1. The maximum absolute atomic E-state index is 12.2. The van der Waals surface area contributed by atoms with Gasteiger partial charge in [0.05, 0.1) is 6.61 Å². The zero-order valence-electron chi connectivity index (χ0n) is 12.9. The summed E-state index contributed by atoms with van der Waals surface area (Å²) in [5, 5.41) is 6.80. The van der Waals surface area contributed by atoms with E-state index >= 15 is 0 Å². The topological polar surface area (TPSA) is 50.4 Å². The SMILES string of the molecule is Cc1cc(-c2cccc(Cl)c2)ccc1NC(=O)C1CNCCO1. The molecule has 1 fully saturated rings. The van der Waals surface area contributed by atoms with E-state index in [2.05, 4.69) is 10.6 Å². The van der Waals surface area contributed by atoms with Crippen molar-refractivity contribution in [1.29, 1.82) is 0 Å². The van der Waals surface area contributed by atoms with E-state index in [0.29, 0.717) is 18.2 Å². The number of morpholine rings is 1. The summed E-state index contributed by atoms with van der Waals surface area (Å²) in [6, 6.07) is 13.7. The van der Waals surface area contributed by atoms with Crippen molar-refractivity contribution in [3.8, 4) is 11.1 Å². The molecule has 120 valence electrons. The number of rotatable bonds is 3. The summed E-state index contributed by atoms with van der Waals surface area (Å²) in [4.78, 5) is 12.2. The molecule has 1 saturated heterocycles. The summed E-state index contributed by atoms with van der Waals surface area (Å²) in [6.45, 7) is 3.87. The van der Waals surface area contributed by atoms with Gasteiger partial charge in [0, 0.05) is 23.8 Å². The molecule has 2 aromatic carbocycles. The molecule has 0 radical (unpaired) electrons. The van der Waals surface area contributed by atoms with Gasteiger partial charge < -0.3 is 15.4 Å². The first-order valence-electron chi connectivity index (χ1n) is 7.63. The molecule has 4 nitrogen and oxygen atoms in total. The van der Waals surface area contributed by atoms with Gasteiger partial charge in [0.2, 0.25) is 0 Å². The molecule has 1 aliphatic rings. The van der Waals surface area contributed by atoms with Crippen LogP contribution in [0.5, 0.6) is 0 Å². The Labute approximate surface area is 140 Å². The minimum absolute atomic E-state index is 0.115. The van der Waals surface area contributed by atoms with Crippen molar-refractivity contribution in [3.63, 3.8) is 0 Å². The second kappa shape index (κ2) is 7.13. The molecular formula is C18H19ClN2O2. The highest BCUT2D eigenvalue weighted by Crippen LogP contribution is 2.26. The van der Waals surface area contributed by atoms with Gasteiger partial charge in [0.1, 0.15) is 6.10 Å². The fourth-order valence-corrected chi connectivity index (χ4v) is 2.79. The molecule has 0 aliphatic carbocycles. The average molecular weight is 331 g/mol. The Hall–Kier alpha value is -1.88. The summed E-state index contributed by atoms with van der Waals surface area (Å²) >= 11 is 6.04. The average Bonchev–Trinajstić information content (AvgIpc) is 2.57. The van der Waals surface area contributed by atoms with E-state index in [1.165, 1.54) is 0 Å². The third kappa shape index (κ3) is 3.91. The van der Waals surface area contributed by atoms with Crippen LogP contribution in [0.2, 0.25) is 5.02 Å². The first-order valence-corrected chi connectivity index (χ1v) is 8.01. The summed E-state index contributed by atoms with van der Waals surface area (Å²) in [7, 11) is 0. The number of hydrogen-bond acceptors (Lipinski definition) is 3. The fourth-order valence-electron chi connectivity index (χ4n) is 2.60. The van der Waals surface area contributed by atoms with Crippen LogP contribution in [0.15, 0.2) is 42.5 Å². The normalized spacial score (nSPS) is 17.7. The molecule has 0 spiro atoms. The minimum Gasteiger partial charge on any atom is -0.366 e. The van der Waals surface area contributed by atoms with Crippen molar-refractivity contribution < 1.29 is 9.53 Å². The number of amides is 1. The Morgan fingerprint density at radius 1 is 1.26 bits per heavy atom. The highest BCUT2D eigenvalue weighted by atomic mass is 35.5. The molecule has 3 rings (SSSR count). The molecule has 0 saturated carbocycles. The zero-order valence-corrected chi connectivity index (χ0v) is 13.7. The molecule has 2 N–H and O–H groups in total. The number of aryl methyl sites for hydroxylation is 1. The number of hydrogen-bond donors (Lipinski definition) is 2. The zero-order chi connectivity index (χ0) is 16.2. The Bertz CT molecular complexity index is 712. The van der Waals surface area contributed by atoms with Crippen LogP contribution in [0.25, 0.3) is 11.1 Å². The smallest absolute Gasteiger partial charge is 0.254 e. The summed E-state index contributed by atoms with van der Waals surface area (Å²) < 4.78 is 5.47. The Balaban J connectivity index is 1.75. The van der Waals surface area contributed by atoms with E-state index in [1.807, 2.05) is 49.4 Å². The van der Waals surface area contributed by atoms with E-state index in [1.54, 1.807) is 0 Å².